The molecule has 0 spiro atoms. The SMILES string of the molecule is Nc1nnc(SCCCCCCCCCCC(=O)O)s1. The third kappa shape index (κ3) is 9.14. The number of nitrogens with zero attached hydrogens (tertiary/aromatic N) is 2. The van der Waals surface area contributed by atoms with Gasteiger partial charge in [0, 0.05) is 12.2 Å². The molecule has 0 atom stereocenters. The molecule has 1 aromatic heterocycles. The number of thioether (sulfide) groups is 1. The summed E-state index contributed by atoms with van der Waals surface area (Å²) in [5, 5.41) is 16.8. The van der Waals surface area contributed by atoms with Crippen LogP contribution < -0.4 is 5.73 Å². The lowest BCUT2D eigenvalue weighted by molar-refractivity contribution is -0.137. The lowest BCUT2D eigenvalue weighted by atomic mass is 10.1. The first-order valence-corrected chi connectivity index (χ1v) is 8.92. The zero-order valence-electron chi connectivity index (χ0n) is 11.7. The van der Waals surface area contributed by atoms with Gasteiger partial charge in [-0.1, -0.05) is 61.6 Å². The van der Waals surface area contributed by atoms with E-state index in [2.05, 4.69) is 10.2 Å². The van der Waals surface area contributed by atoms with Gasteiger partial charge in [-0.2, -0.15) is 0 Å². The second-order valence-corrected chi connectivity index (χ2v) is 7.08. The monoisotopic (exact) mass is 317 g/mol. The molecular weight excluding hydrogens is 294 g/mol. The summed E-state index contributed by atoms with van der Waals surface area (Å²) < 4.78 is 0.959. The van der Waals surface area contributed by atoms with E-state index in [-0.39, 0.29) is 0 Å². The van der Waals surface area contributed by atoms with Gasteiger partial charge in [0.05, 0.1) is 0 Å². The van der Waals surface area contributed by atoms with Crippen molar-refractivity contribution in [1.29, 1.82) is 0 Å². The highest BCUT2D eigenvalue weighted by Gasteiger charge is 2.01. The van der Waals surface area contributed by atoms with Gasteiger partial charge in [-0.05, 0) is 12.8 Å². The van der Waals surface area contributed by atoms with E-state index in [1.54, 1.807) is 11.8 Å². The van der Waals surface area contributed by atoms with Gasteiger partial charge in [-0.3, -0.25) is 4.79 Å². The van der Waals surface area contributed by atoms with Crippen molar-refractivity contribution < 1.29 is 9.90 Å². The molecule has 5 nitrogen and oxygen atoms in total. The summed E-state index contributed by atoms with van der Waals surface area (Å²) in [6.45, 7) is 0. The predicted molar refractivity (Wildman–Crippen MR) is 84.2 cm³/mol. The average molecular weight is 317 g/mol. The fourth-order valence-electron chi connectivity index (χ4n) is 1.88. The second-order valence-electron chi connectivity index (χ2n) is 4.73. The number of rotatable bonds is 12. The van der Waals surface area contributed by atoms with Crippen molar-refractivity contribution in [2.45, 2.75) is 62.1 Å². The smallest absolute Gasteiger partial charge is 0.303 e. The molecule has 0 unspecified atom stereocenters. The molecule has 0 bridgehead atoms. The minimum absolute atomic E-state index is 0.313. The van der Waals surface area contributed by atoms with Crippen LogP contribution in [0, 0.1) is 0 Å². The summed E-state index contributed by atoms with van der Waals surface area (Å²) in [7, 11) is 0. The lowest BCUT2D eigenvalue weighted by Gasteiger charge is -2.01. The normalized spacial score (nSPS) is 10.8. The first kappa shape index (κ1) is 17.2. The third-order valence-corrected chi connectivity index (χ3v) is 4.90. The molecule has 0 aliphatic rings. The van der Waals surface area contributed by atoms with Crippen molar-refractivity contribution >= 4 is 34.2 Å². The third-order valence-electron chi connectivity index (χ3n) is 2.93. The van der Waals surface area contributed by atoms with E-state index in [1.165, 1.54) is 43.4 Å². The number of nitrogens with two attached hydrogens (primary N) is 1. The summed E-state index contributed by atoms with van der Waals surface area (Å²) in [6, 6.07) is 0. The number of anilines is 1. The molecule has 0 fully saturated rings. The Labute approximate surface area is 128 Å². The van der Waals surface area contributed by atoms with Crippen LogP contribution in [0.2, 0.25) is 0 Å². The van der Waals surface area contributed by atoms with E-state index in [0.29, 0.717) is 11.6 Å². The molecule has 3 N–H and O–H groups in total. The molecule has 114 valence electrons. The number of aromatic nitrogens is 2. The van der Waals surface area contributed by atoms with Crippen molar-refractivity contribution in [2.24, 2.45) is 0 Å². The highest BCUT2D eigenvalue weighted by Crippen LogP contribution is 2.24. The van der Waals surface area contributed by atoms with Crippen LogP contribution in [-0.2, 0) is 4.79 Å². The van der Waals surface area contributed by atoms with Crippen molar-refractivity contribution in [3.8, 4) is 0 Å². The number of hydrogen-bond donors (Lipinski definition) is 2. The maximum Gasteiger partial charge on any atom is 0.303 e. The lowest BCUT2D eigenvalue weighted by Crippen LogP contribution is -1.93. The van der Waals surface area contributed by atoms with Crippen LogP contribution in [0.25, 0.3) is 0 Å². The van der Waals surface area contributed by atoms with Gasteiger partial charge >= 0.3 is 5.97 Å². The molecule has 0 amide bonds. The van der Waals surface area contributed by atoms with Gasteiger partial charge in [-0.25, -0.2) is 0 Å². The first-order valence-electron chi connectivity index (χ1n) is 7.12. The molecule has 20 heavy (non-hydrogen) atoms. The van der Waals surface area contributed by atoms with Crippen molar-refractivity contribution in [2.75, 3.05) is 11.5 Å². The topological polar surface area (TPSA) is 89.1 Å². The molecule has 1 heterocycles. The van der Waals surface area contributed by atoms with E-state index >= 15 is 0 Å². The van der Waals surface area contributed by atoms with Gasteiger partial charge in [0.15, 0.2) is 4.34 Å². The molecule has 1 aromatic rings. The quantitative estimate of drug-likeness (QED) is 0.450. The molecule has 0 saturated carbocycles. The molecule has 7 heteroatoms. The molecule has 0 radical (unpaired) electrons. The van der Waals surface area contributed by atoms with Crippen molar-refractivity contribution in [3.63, 3.8) is 0 Å². The van der Waals surface area contributed by atoms with Crippen LogP contribution in [0.4, 0.5) is 5.13 Å². The van der Waals surface area contributed by atoms with Crippen LogP contribution in [0.5, 0.6) is 0 Å². The van der Waals surface area contributed by atoms with Crippen LogP contribution in [0.15, 0.2) is 4.34 Å². The van der Waals surface area contributed by atoms with Crippen LogP contribution in [0.3, 0.4) is 0 Å². The van der Waals surface area contributed by atoms with Crippen LogP contribution in [-0.4, -0.2) is 27.0 Å². The van der Waals surface area contributed by atoms with Gasteiger partial charge in [0.1, 0.15) is 0 Å². The minimum Gasteiger partial charge on any atom is -0.481 e. The summed E-state index contributed by atoms with van der Waals surface area (Å²) in [6.07, 6.45) is 9.51. The zero-order valence-corrected chi connectivity index (χ0v) is 13.3. The maximum atomic E-state index is 10.3. The van der Waals surface area contributed by atoms with Crippen LogP contribution in [0.1, 0.15) is 57.8 Å². The van der Waals surface area contributed by atoms with Gasteiger partial charge in [0.2, 0.25) is 5.13 Å². The minimum atomic E-state index is -0.681. The number of unbranched alkanes of at least 4 members (excludes halogenated alkanes) is 7. The van der Waals surface area contributed by atoms with Crippen LogP contribution >= 0.6 is 23.1 Å². The van der Waals surface area contributed by atoms with E-state index in [0.717, 1.165) is 29.4 Å². The van der Waals surface area contributed by atoms with Crippen molar-refractivity contribution in [3.05, 3.63) is 0 Å². The standard InChI is InChI=1S/C13H23N3O2S2/c14-12-15-16-13(20-12)19-10-8-6-4-2-1-3-5-7-9-11(17)18/h1-10H2,(H2,14,15)(H,17,18). The van der Waals surface area contributed by atoms with Gasteiger partial charge in [-0.15, -0.1) is 10.2 Å². The number of carboxylic acid groups (broad SMARTS) is 1. The number of nitrogen functional groups attached to an aromatic ring is 1. The predicted octanol–water partition coefficient (Wildman–Crippen LogP) is 3.81. The zero-order chi connectivity index (χ0) is 14.6. The van der Waals surface area contributed by atoms with Crippen molar-refractivity contribution in [1.82, 2.24) is 10.2 Å². The molecular formula is C13H23N3O2S2. The maximum absolute atomic E-state index is 10.3. The Morgan fingerprint density at radius 2 is 1.65 bits per heavy atom. The Morgan fingerprint density at radius 1 is 1.05 bits per heavy atom. The Balaban J connectivity index is 1.80. The van der Waals surface area contributed by atoms with E-state index < -0.39 is 5.97 Å². The number of carbonyl (C=O) groups is 1. The highest BCUT2D eigenvalue weighted by molar-refractivity contribution is 8.01. The molecule has 0 aromatic carbocycles. The van der Waals surface area contributed by atoms with Gasteiger partial charge in [0.25, 0.3) is 0 Å². The number of aliphatic carboxylic acids is 1. The van der Waals surface area contributed by atoms with E-state index in [1.807, 2.05) is 0 Å². The molecule has 0 saturated heterocycles. The number of carboxylic acids is 1. The molecule has 0 aliphatic carbocycles. The summed E-state index contributed by atoms with van der Waals surface area (Å²) in [5.74, 6) is 0.396. The largest absolute Gasteiger partial charge is 0.481 e. The highest BCUT2D eigenvalue weighted by atomic mass is 32.2. The second kappa shape index (κ2) is 10.9. The summed E-state index contributed by atoms with van der Waals surface area (Å²) >= 11 is 3.17. The number of hydrogen-bond acceptors (Lipinski definition) is 6. The Kier molecular flexibility index (Phi) is 9.40. The molecule has 0 aliphatic heterocycles. The molecule has 1 rings (SSSR count). The van der Waals surface area contributed by atoms with E-state index in [9.17, 15) is 4.79 Å². The fraction of sp³-hybridized carbons (Fsp3) is 0.769. The van der Waals surface area contributed by atoms with E-state index in [4.69, 9.17) is 10.8 Å². The van der Waals surface area contributed by atoms with Gasteiger partial charge < -0.3 is 10.8 Å². The Hall–Kier alpha value is -0.820. The fourth-order valence-corrected chi connectivity index (χ4v) is 3.58. The Bertz CT molecular complexity index is 385. The summed E-state index contributed by atoms with van der Waals surface area (Å²) in [4.78, 5) is 10.3. The first-order chi connectivity index (χ1) is 9.68. The summed E-state index contributed by atoms with van der Waals surface area (Å²) in [5.41, 5.74) is 5.51. The average Bonchev–Trinajstić information content (AvgIpc) is 2.81. The Morgan fingerprint density at radius 3 is 2.20 bits per heavy atom.